The number of fused-ring (bicyclic) bond motifs is 1. The van der Waals surface area contributed by atoms with E-state index in [9.17, 15) is 13.2 Å². The Labute approximate surface area is 206 Å². The molecule has 184 valence electrons. The zero-order chi connectivity index (χ0) is 24.4. The number of ether oxygens (including phenoxy) is 1. The van der Waals surface area contributed by atoms with Gasteiger partial charge in [0, 0.05) is 58.1 Å². The number of piperazine rings is 1. The molecule has 2 heterocycles. The second-order valence-corrected chi connectivity index (χ2v) is 11.2. The normalized spacial score (nSPS) is 22.4. The van der Waals surface area contributed by atoms with Crippen molar-refractivity contribution in [3.05, 3.63) is 78.4 Å². The molecule has 0 radical (unpaired) electrons. The van der Waals surface area contributed by atoms with Crippen molar-refractivity contribution >= 4 is 26.8 Å². The van der Waals surface area contributed by atoms with Crippen molar-refractivity contribution in [2.45, 2.75) is 30.5 Å². The molecule has 2 atom stereocenters. The van der Waals surface area contributed by atoms with Crippen LogP contribution in [0.5, 0.6) is 0 Å². The van der Waals surface area contributed by atoms with Crippen LogP contribution in [0.15, 0.2) is 77.7 Å². The molecule has 0 aliphatic carbocycles. The maximum absolute atomic E-state index is 13.5. The van der Waals surface area contributed by atoms with E-state index >= 15 is 0 Å². The summed E-state index contributed by atoms with van der Waals surface area (Å²) in [5, 5.41) is 1.67. The van der Waals surface area contributed by atoms with Crippen molar-refractivity contribution in [2.24, 2.45) is 0 Å². The fourth-order valence-corrected chi connectivity index (χ4v) is 6.95. The first-order valence-electron chi connectivity index (χ1n) is 12.1. The third-order valence-electron chi connectivity index (χ3n) is 6.99. The fraction of sp³-hybridized carbons (Fsp3) is 0.370. The Morgan fingerprint density at radius 2 is 1.57 bits per heavy atom. The highest BCUT2D eigenvalue weighted by Crippen LogP contribution is 2.28. The summed E-state index contributed by atoms with van der Waals surface area (Å²) < 4.78 is 34.3. The maximum atomic E-state index is 13.5. The highest BCUT2D eigenvalue weighted by Gasteiger charge is 2.41. The lowest BCUT2D eigenvalue weighted by Gasteiger charge is -2.38. The quantitative estimate of drug-likeness (QED) is 0.492. The number of rotatable bonds is 6. The smallest absolute Gasteiger partial charge is 0.303 e. The highest BCUT2D eigenvalue weighted by molar-refractivity contribution is 7.89. The Morgan fingerprint density at radius 3 is 2.31 bits per heavy atom. The van der Waals surface area contributed by atoms with Crippen molar-refractivity contribution < 1.29 is 17.9 Å². The van der Waals surface area contributed by atoms with Crippen LogP contribution in [0, 0.1) is 0 Å². The number of likely N-dealkylation sites (tertiary alicyclic amines) is 1. The molecule has 3 aromatic rings. The molecule has 2 saturated heterocycles. The minimum absolute atomic E-state index is 0.0463. The average molecular weight is 494 g/mol. The molecule has 0 unspecified atom stereocenters. The number of esters is 1. The first kappa shape index (κ1) is 23.9. The molecular weight excluding hydrogens is 462 g/mol. The van der Waals surface area contributed by atoms with Crippen LogP contribution in [0.1, 0.15) is 12.5 Å². The van der Waals surface area contributed by atoms with Crippen molar-refractivity contribution in [3.63, 3.8) is 0 Å². The molecule has 0 N–H and O–H groups in total. The van der Waals surface area contributed by atoms with Gasteiger partial charge in [-0.3, -0.25) is 14.6 Å². The van der Waals surface area contributed by atoms with E-state index < -0.39 is 10.0 Å². The molecule has 2 fully saturated rings. The van der Waals surface area contributed by atoms with Crippen LogP contribution < -0.4 is 0 Å². The maximum Gasteiger partial charge on any atom is 0.303 e. The van der Waals surface area contributed by atoms with Gasteiger partial charge in [0.05, 0.1) is 10.9 Å². The van der Waals surface area contributed by atoms with Crippen molar-refractivity contribution in [1.82, 2.24) is 14.1 Å². The summed E-state index contributed by atoms with van der Waals surface area (Å²) in [7, 11) is -3.61. The van der Waals surface area contributed by atoms with E-state index in [1.54, 1.807) is 16.4 Å². The van der Waals surface area contributed by atoms with E-state index in [1.807, 2.05) is 48.5 Å². The number of carbonyl (C=O) groups is 1. The zero-order valence-electron chi connectivity index (χ0n) is 19.9. The molecule has 35 heavy (non-hydrogen) atoms. The van der Waals surface area contributed by atoms with Gasteiger partial charge in [-0.05, 0) is 17.0 Å². The molecule has 3 aromatic carbocycles. The molecule has 2 aliphatic rings. The molecule has 2 aliphatic heterocycles. The summed E-state index contributed by atoms with van der Waals surface area (Å²) in [6, 6.07) is 23.3. The van der Waals surface area contributed by atoms with Gasteiger partial charge in [0.15, 0.2) is 0 Å². The standard InChI is InChI=1S/C27H31N3O4S/c1-21(31)34-26-20-28(18-22-8-3-2-4-9-22)19-25(26)29-14-16-30(17-15-29)35(32,33)27-13-7-11-23-10-5-6-12-24(23)27/h2-13,25-26H,14-20H2,1H3/t25-,26+/m0/s1. The molecule has 5 rings (SSSR count). The summed E-state index contributed by atoms with van der Waals surface area (Å²) in [5.41, 5.74) is 1.22. The van der Waals surface area contributed by atoms with Crippen LogP contribution in [0.25, 0.3) is 10.8 Å². The van der Waals surface area contributed by atoms with E-state index in [4.69, 9.17) is 4.74 Å². The number of sulfonamides is 1. The fourth-order valence-electron chi connectivity index (χ4n) is 5.32. The van der Waals surface area contributed by atoms with Gasteiger partial charge in [-0.2, -0.15) is 4.31 Å². The molecule has 0 aromatic heterocycles. The van der Waals surface area contributed by atoms with Crippen LogP contribution in [0.4, 0.5) is 0 Å². The van der Waals surface area contributed by atoms with Gasteiger partial charge in [-0.25, -0.2) is 8.42 Å². The monoisotopic (exact) mass is 493 g/mol. The Kier molecular flexibility index (Phi) is 6.88. The minimum atomic E-state index is -3.61. The molecule has 8 heteroatoms. The summed E-state index contributed by atoms with van der Waals surface area (Å²) in [6.07, 6.45) is -0.225. The van der Waals surface area contributed by atoms with E-state index in [2.05, 4.69) is 21.9 Å². The first-order chi connectivity index (χ1) is 16.9. The Morgan fingerprint density at radius 1 is 0.886 bits per heavy atom. The molecule has 0 bridgehead atoms. The highest BCUT2D eigenvalue weighted by atomic mass is 32.2. The van der Waals surface area contributed by atoms with Crippen LogP contribution in [0.2, 0.25) is 0 Å². The third-order valence-corrected chi connectivity index (χ3v) is 8.95. The van der Waals surface area contributed by atoms with Gasteiger partial charge >= 0.3 is 5.97 Å². The summed E-state index contributed by atoms with van der Waals surface area (Å²) in [6.45, 7) is 5.73. The number of hydrogen-bond acceptors (Lipinski definition) is 6. The lowest BCUT2D eigenvalue weighted by Crippen LogP contribution is -2.55. The van der Waals surface area contributed by atoms with E-state index in [0.717, 1.165) is 23.9 Å². The largest absolute Gasteiger partial charge is 0.459 e. The van der Waals surface area contributed by atoms with Crippen LogP contribution in [-0.4, -0.2) is 79.9 Å². The number of nitrogens with zero attached hydrogens (tertiary/aromatic N) is 3. The van der Waals surface area contributed by atoms with E-state index in [1.165, 1.54) is 12.5 Å². The molecule has 0 saturated carbocycles. The van der Waals surface area contributed by atoms with Crippen molar-refractivity contribution in [2.75, 3.05) is 39.3 Å². The molecule has 0 amide bonds. The SMILES string of the molecule is CC(=O)O[C@@H]1CN(Cc2ccccc2)C[C@@H]1N1CCN(S(=O)(=O)c2cccc3ccccc23)CC1. The lowest BCUT2D eigenvalue weighted by molar-refractivity contribution is -0.148. The number of carbonyl (C=O) groups excluding carboxylic acids is 1. The van der Waals surface area contributed by atoms with Crippen molar-refractivity contribution in [3.8, 4) is 0 Å². The number of hydrogen-bond donors (Lipinski definition) is 0. The second-order valence-electron chi connectivity index (χ2n) is 9.31. The molecular formula is C27H31N3O4S. The summed E-state index contributed by atoms with van der Waals surface area (Å²) in [4.78, 5) is 16.7. The van der Waals surface area contributed by atoms with Gasteiger partial charge in [-0.1, -0.05) is 66.7 Å². The summed E-state index contributed by atoms with van der Waals surface area (Å²) in [5.74, 6) is -0.279. The van der Waals surface area contributed by atoms with E-state index in [-0.39, 0.29) is 18.1 Å². The predicted molar refractivity (Wildman–Crippen MR) is 135 cm³/mol. The van der Waals surface area contributed by atoms with Crippen LogP contribution in [0.3, 0.4) is 0 Å². The Balaban J connectivity index is 1.29. The average Bonchev–Trinajstić information content (AvgIpc) is 3.25. The topological polar surface area (TPSA) is 70.2 Å². The Hall–Kier alpha value is -2.78. The van der Waals surface area contributed by atoms with Gasteiger partial charge in [0.25, 0.3) is 0 Å². The molecule has 0 spiro atoms. The lowest BCUT2D eigenvalue weighted by atomic mass is 10.1. The predicted octanol–water partition coefficient (Wildman–Crippen LogP) is 2.96. The third kappa shape index (κ3) is 5.11. The van der Waals surface area contributed by atoms with Gasteiger partial charge < -0.3 is 4.74 Å². The van der Waals surface area contributed by atoms with Crippen LogP contribution in [-0.2, 0) is 26.1 Å². The van der Waals surface area contributed by atoms with Gasteiger partial charge in [0.2, 0.25) is 10.0 Å². The first-order valence-corrected chi connectivity index (χ1v) is 13.5. The zero-order valence-corrected chi connectivity index (χ0v) is 20.7. The minimum Gasteiger partial charge on any atom is -0.459 e. The van der Waals surface area contributed by atoms with Gasteiger partial charge in [0.1, 0.15) is 6.10 Å². The number of benzene rings is 3. The van der Waals surface area contributed by atoms with Crippen LogP contribution >= 0.6 is 0 Å². The van der Waals surface area contributed by atoms with Gasteiger partial charge in [-0.15, -0.1) is 0 Å². The van der Waals surface area contributed by atoms with E-state index in [0.29, 0.717) is 37.6 Å². The van der Waals surface area contributed by atoms with Crippen molar-refractivity contribution in [1.29, 1.82) is 0 Å². The second kappa shape index (κ2) is 10.1. The summed E-state index contributed by atoms with van der Waals surface area (Å²) >= 11 is 0. The Bertz CT molecular complexity index is 1280. The molecule has 7 nitrogen and oxygen atoms in total.